The van der Waals surface area contributed by atoms with E-state index in [9.17, 15) is 28.2 Å². The topological polar surface area (TPSA) is 213 Å². The maximum absolute atomic E-state index is 12.5. The van der Waals surface area contributed by atoms with Gasteiger partial charge in [-0.25, -0.2) is 4.79 Å². The highest BCUT2D eigenvalue weighted by Gasteiger charge is 2.26. The van der Waals surface area contributed by atoms with Crippen LogP contribution in [0.4, 0.5) is 0 Å². The van der Waals surface area contributed by atoms with Crippen molar-refractivity contribution in [1.29, 1.82) is 0 Å². The molecule has 2 aromatic rings. The van der Waals surface area contributed by atoms with Crippen molar-refractivity contribution in [3.63, 3.8) is 0 Å². The van der Waals surface area contributed by atoms with Gasteiger partial charge in [0.25, 0.3) is 21.9 Å². The third kappa shape index (κ3) is 6.04. The number of benzene rings is 1. The Morgan fingerprint density at radius 3 is 2.59 bits per heavy atom. The van der Waals surface area contributed by atoms with Gasteiger partial charge in [-0.3, -0.25) is 9.35 Å². The van der Waals surface area contributed by atoms with Gasteiger partial charge in [0.2, 0.25) is 5.88 Å². The average Bonchev–Trinajstić information content (AvgIpc) is 3.03. The molecule has 0 aliphatic rings. The third-order valence-electron chi connectivity index (χ3n) is 4.18. The maximum Gasteiger partial charge on any atom is 0.333 e. The summed E-state index contributed by atoms with van der Waals surface area (Å²) in [6.07, 6.45) is 0.230. The van der Waals surface area contributed by atoms with E-state index < -0.39 is 44.7 Å². The number of aromatic nitrogens is 1. The number of nitrogens with one attached hydrogen (secondary N) is 1. The Hall–Kier alpha value is -3.94. The SMILES string of the molecule is CCC(CCC(=O)On1c(O)cc(S(=O)(=O)O)c1O)NC(=O)c1ccccc1ON=[N+]=[N-]. The Kier molecular flexibility index (Phi) is 7.90. The zero-order valence-corrected chi connectivity index (χ0v) is 17.4. The van der Waals surface area contributed by atoms with E-state index in [0.29, 0.717) is 12.5 Å². The van der Waals surface area contributed by atoms with Gasteiger partial charge in [0.1, 0.15) is 11.0 Å². The smallest absolute Gasteiger partial charge is 0.333 e. The van der Waals surface area contributed by atoms with Gasteiger partial charge >= 0.3 is 5.97 Å². The molecular weight excluding hydrogens is 450 g/mol. The summed E-state index contributed by atoms with van der Waals surface area (Å²) in [6.45, 7) is 1.75. The lowest BCUT2D eigenvalue weighted by Gasteiger charge is -2.17. The van der Waals surface area contributed by atoms with Gasteiger partial charge in [0.05, 0.1) is 5.56 Å². The fourth-order valence-electron chi connectivity index (χ4n) is 2.61. The predicted molar refractivity (Wildman–Crippen MR) is 106 cm³/mol. The van der Waals surface area contributed by atoms with E-state index in [1.54, 1.807) is 19.1 Å². The van der Waals surface area contributed by atoms with Crippen LogP contribution in [0.15, 0.2) is 40.5 Å². The van der Waals surface area contributed by atoms with E-state index in [0.717, 1.165) is 0 Å². The van der Waals surface area contributed by atoms with Crippen molar-refractivity contribution in [2.45, 2.75) is 37.1 Å². The second kappa shape index (κ2) is 10.4. The predicted octanol–water partition coefficient (Wildman–Crippen LogP) is 1.69. The molecule has 0 saturated carbocycles. The minimum atomic E-state index is -4.86. The molecule has 32 heavy (non-hydrogen) atoms. The van der Waals surface area contributed by atoms with Crippen LogP contribution in [0.1, 0.15) is 36.5 Å². The molecule has 2 rings (SSSR count). The molecule has 1 aromatic heterocycles. The maximum atomic E-state index is 12.5. The number of hydrogen-bond acceptors (Lipinski definition) is 9. The summed E-state index contributed by atoms with van der Waals surface area (Å²) in [6, 6.07) is 6.03. The van der Waals surface area contributed by atoms with Crippen LogP contribution in [0, 0.1) is 0 Å². The summed E-state index contributed by atoms with van der Waals surface area (Å²) in [7, 11) is -4.86. The molecule has 0 bridgehead atoms. The first kappa shape index (κ1) is 24.3. The van der Waals surface area contributed by atoms with Crippen molar-refractivity contribution in [3.05, 3.63) is 46.3 Å². The summed E-state index contributed by atoms with van der Waals surface area (Å²) < 4.78 is 31.4. The van der Waals surface area contributed by atoms with Crippen LogP contribution < -0.4 is 15.0 Å². The lowest BCUT2D eigenvalue weighted by molar-refractivity contribution is -0.145. The van der Waals surface area contributed by atoms with E-state index in [4.69, 9.17) is 19.8 Å². The average molecular weight is 469 g/mol. The van der Waals surface area contributed by atoms with Crippen LogP contribution in [-0.2, 0) is 14.9 Å². The molecule has 0 spiro atoms. The first-order chi connectivity index (χ1) is 15.1. The van der Waals surface area contributed by atoms with Gasteiger partial charge in [-0.2, -0.15) is 8.42 Å². The highest BCUT2D eigenvalue weighted by atomic mass is 32.2. The highest BCUT2D eigenvalue weighted by Crippen LogP contribution is 2.30. The van der Waals surface area contributed by atoms with E-state index in [-0.39, 0.29) is 28.9 Å². The van der Waals surface area contributed by atoms with Gasteiger partial charge in [0, 0.05) is 23.4 Å². The summed E-state index contributed by atoms with van der Waals surface area (Å²) >= 11 is 0. The molecule has 15 heteroatoms. The van der Waals surface area contributed by atoms with Crippen molar-refractivity contribution in [2.24, 2.45) is 5.28 Å². The number of para-hydroxylation sites is 1. The quantitative estimate of drug-likeness (QED) is 0.131. The minimum absolute atomic E-state index is 0.0326. The molecule has 14 nitrogen and oxygen atoms in total. The van der Waals surface area contributed by atoms with Crippen molar-refractivity contribution < 1.29 is 42.4 Å². The molecule has 0 aliphatic carbocycles. The Morgan fingerprint density at radius 2 is 2.00 bits per heavy atom. The molecular formula is C17H19N5O9S. The van der Waals surface area contributed by atoms with Crippen LogP contribution >= 0.6 is 0 Å². The number of carbonyl (C=O) groups excluding carboxylic acids is 2. The van der Waals surface area contributed by atoms with Crippen LogP contribution in [0.3, 0.4) is 0 Å². The van der Waals surface area contributed by atoms with Crippen molar-refractivity contribution >= 4 is 22.0 Å². The molecule has 1 unspecified atom stereocenters. The van der Waals surface area contributed by atoms with Crippen LogP contribution in [-0.4, -0.2) is 45.8 Å². The largest absolute Gasteiger partial charge is 0.492 e. The van der Waals surface area contributed by atoms with Crippen molar-refractivity contribution in [1.82, 2.24) is 10.0 Å². The van der Waals surface area contributed by atoms with Crippen molar-refractivity contribution in [2.75, 3.05) is 0 Å². The Morgan fingerprint density at radius 1 is 1.31 bits per heavy atom. The normalized spacial score (nSPS) is 11.8. The number of aromatic hydroxyl groups is 2. The molecule has 1 amide bonds. The number of nitrogens with zero attached hydrogens (tertiary/aromatic N) is 4. The number of hydrogen-bond donors (Lipinski definition) is 4. The van der Waals surface area contributed by atoms with Crippen LogP contribution in [0.25, 0.3) is 10.4 Å². The molecule has 1 atom stereocenters. The summed E-state index contributed by atoms with van der Waals surface area (Å²) in [5.41, 5.74) is 8.46. The van der Waals surface area contributed by atoms with Crippen LogP contribution in [0.5, 0.6) is 17.5 Å². The number of amides is 1. The molecule has 0 fully saturated rings. The minimum Gasteiger partial charge on any atom is -0.492 e. The molecule has 0 aliphatic heterocycles. The first-order valence-corrected chi connectivity index (χ1v) is 10.5. The first-order valence-electron chi connectivity index (χ1n) is 9.02. The van der Waals surface area contributed by atoms with Gasteiger partial charge in [-0.05, 0) is 30.5 Å². The molecule has 172 valence electrons. The van der Waals surface area contributed by atoms with Gasteiger partial charge in [-0.15, -0.1) is 4.73 Å². The number of carbonyl (C=O) groups is 2. The third-order valence-corrected chi connectivity index (χ3v) is 5.04. The van der Waals surface area contributed by atoms with Gasteiger partial charge in [-0.1, -0.05) is 19.1 Å². The van der Waals surface area contributed by atoms with Gasteiger partial charge < -0.3 is 25.2 Å². The Bertz CT molecular complexity index is 1160. The Labute approximate surface area is 181 Å². The molecule has 0 saturated heterocycles. The zero-order chi connectivity index (χ0) is 23.9. The summed E-state index contributed by atoms with van der Waals surface area (Å²) in [5.74, 6) is -3.60. The van der Waals surface area contributed by atoms with E-state index >= 15 is 0 Å². The zero-order valence-electron chi connectivity index (χ0n) is 16.6. The number of azide groups is 1. The highest BCUT2D eigenvalue weighted by molar-refractivity contribution is 7.86. The van der Waals surface area contributed by atoms with Crippen molar-refractivity contribution in [3.8, 4) is 17.5 Å². The molecule has 1 heterocycles. The standard InChI is InChI=1S/C17H19N5O9S/c1-2-10(19-16(25)11-5-3-4-6-12(11)30-21-20-18)7-8-15(24)31-22-14(23)9-13(17(22)26)32(27,28)29/h3-6,9-10,23,26H,2,7-8H2,1H3,(H,19,25)(H,27,28,29). The van der Waals surface area contributed by atoms with Gasteiger partial charge in [0.15, 0.2) is 4.90 Å². The molecule has 4 N–H and O–H groups in total. The lowest BCUT2D eigenvalue weighted by Crippen LogP contribution is -2.35. The Balaban J connectivity index is 2.01. The second-order valence-electron chi connectivity index (χ2n) is 6.30. The lowest BCUT2D eigenvalue weighted by atomic mass is 10.1. The van der Waals surface area contributed by atoms with Crippen LogP contribution in [0.2, 0.25) is 0 Å². The summed E-state index contributed by atoms with van der Waals surface area (Å²) in [5, 5.41) is 25.0. The fraction of sp³-hybridized carbons (Fsp3) is 0.294. The monoisotopic (exact) mass is 469 g/mol. The summed E-state index contributed by atoms with van der Waals surface area (Å²) in [4.78, 5) is 35.5. The molecule has 1 aromatic carbocycles. The fourth-order valence-corrected chi connectivity index (χ4v) is 3.17. The van der Waals surface area contributed by atoms with E-state index in [2.05, 4.69) is 15.5 Å². The number of rotatable bonds is 10. The second-order valence-corrected chi connectivity index (χ2v) is 7.69. The molecule has 0 radical (unpaired) electrons. The van der Waals surface area contributed by atoms with E-state index in [1.165, 1.54) is 12.1 Å². The van der Waals surface area contributed by atoms with E-state index in [1.807, 2.05) is 0 Å².